The third-order valence-electron chi connectivity index (χ3n) is 3.45. The Bertz CT molecular complexity index is 364. The molecule has 0 amide bonds. The molecular formula is C14H22F2O4. The van der Waals surface area contributed by atoms with E-state index < -0.39 is 29.4 Å². The van der Waals surface area contributed by atoms with Gasteiger partial charge in [-0.25, -0.2) is 8.78 Å². The minimum atomic E-state index is -2.70. The van der Waals surface area contributed by atoms with Crippen LogP contribution < -0.4 is 0 Å². The molecule has 0 radical (unpaired) electrons. The number of halogens is 2. The molecule has 0 aromatic carbocycles. The summed E-state index contributed by atoms with van der Waals surface area (Å²) in [5, 5.41) is 9.21. The largest absolute Gasteiger partial charge is 0.481 e. The highest BCUT2D eigenvalue weighted by molar-refractivity contribution is 5.79. The summed E-state index contributed by atoms with van der Waals surface area (Å²) in [6.07, 6.45) is -0.617. The van der Waals surface area contributed by atoms with Crippen molar-refractivity contribution < 1.29 is 28.2 Å². The second kappa shape index (κ2) is 6.06. The van der Waals surface area contributed by atoms with Gasteiger partial charge in [-0.05, 0) is 39.5 Å². The third-order valence-corrected chi connectivity index (χ3v) is 3.45. The first-order valence-corrected chi connectivity index (χ1v) is 6.83. The fraction of sp³-hybridized carbons (Fsp3) is 0.857. The summed E-state index contributed by atoms with van der Waals surface area (Å²) in [5.41, 5.74) is -0.681. The van der Waals surface area contributed by atoms with Crippen LogP contribution in [-0.4, -0.2) is 28.6 Å². The number of hydrogen-bond acceptors (Lipinski definition) is 3. The number of hydrogen-bond donors (Lipinski definition) is 1. The maximum Gasteiger partial charge on any atom is 0.307 e. The van der Waals surface area contributed by atoms with E-state index in [9.17, 15) is 23.5 Å². The molecule has 1 N–H and O–H groups in total. The van der Waals surface area contributed by atoms with Gasteiger partial charge in [0.25, 0.3) is 0 Å². The zero-order valence-electron chi connectivity index (χ0n) is 12.1. The van der Waals surface area contributed by atoms with E-state index >= 15 is 0 Å². The van der Waals surface area contributed by atoms with E-state index in [1.54, 1.807) is 20.8 Å². The maximum atomic E-state index is 13.1. The first-order chi connectivity index (χ1) is 9.00. The molecule has 20 heavy (non-hydrogen) atoms. The number of esters is 1. The second-order valence-electron chi connectivity index (χ2n) is 6.43. The first kappa shape index (κ1) is 16.9. The minimum Gasteiger partial charge on any atom is -0.481 e. The fourth-order valence-corrected chi connectivity index (χ4v) is 2.48. The van der Waals surface area contributed by atoms with E-state index in [2.05, 4.69) is 0 Å². The van der Waals surface area contributed by atoms with Crippen LogP contribution in [0, 0.1) is 11.8 Å². The standard InChI is InChI=1S/C14H22F2O4/c1-13(2,3)20-11(17)8-10(12(18)19)9-4-6-14(15,16)7-5-9/h9-10H,4-8H2,1-3H3,(H,18,19). The van der Waals surface area contributed by atoms with Crippen molar-refractivity contribution in [2.45, 2.75) is 64.4 Å². The van der Waals surface area contributed by atoms with Gasteiger partial charge in [0.1, 0.15) is 5.60 Å². The Kier molecular flexibility index (Phi) is 5.10. The van der Waals surface area contributed by atoms with Crippen molar-refractivity contribution in [2.24, 2.45) is 11.8 Å². The summed E-state index contributed by atoms with van der Waals surface area (Å²) < 4.78 is 31.3. The van der Waals surface area contributed by atoms with Crippen molar-refractivity contribution in [1.82, 2.24) is 0 Å². The minimum absolute atomic E-state index is 0.132. The summed E-state index contributed by atoms with van der Waals surface area (Å²) in [6, 6.07) is 0. The zero-order chi connectivity index (χ0) is 15.6. The summed E-state index contributed by atoms with van der Waals surface area (Å²) in [7, 11) is 0. The Labute approximate surface area is 117 Å². The molecule has 1 aliphatic carbocycles. The van der Waals surface area contributed by atoms with Crippen molar-refractivity contribution in [3.8, 4) is 0 Å². The molecule has 4 nitrogen and oxygen atoms in total. The Morgan fingerprint density at radius 3 is 2.20 bits per heavy atom. The number of carbonyl (C=O) groups is 2. The topological polar surface area (TPSA) is 63.6 Å². The number of ether oxygens (including phenoxy) is 1. The summed E-state index contributed by atoms with van der Waals surface area (Å²) in [5.74, 6) is -5.75. The van der Waals surface area contributed by atoms with Gasteiger partial charge in [-0.3, -0.25) is 9.59 Å². The van der Waals surface area contributed by atoms with Gasteiger partial charge < -0.3 is 9.84 Å². The van der Waals surface area contributed by atoms with E-state index in [4.69, 9.17) is 4.74 Å². The van der Waals surface area contributed by atoms with Crippen LogP contribution >= 0.6 is 0 Å². The predicted octanol–water partition coefficient (Wildman–Crippen LogP) is 3.24. The Morgan fingerprint density at radius 1 is 1.30 bits per heavy atom. The molecule has 1 rings (SSSR count). The lowest BCUT2D eigenvalue weighted by atomic mass is 9.77. The quantitative estimate of drug-likeness (QED) is 0.808. The number of carbonyl (C=O) groups excluding carboxylic acids is 1. The van der Waals surface area contributed by atoms with Gasteiger partial charge in [0.05, 0.1) is 12.3 Å². The highest BCUT2D eigenvalue weighted by atomic mass is 19.3. The van der Waals surface area contributed by atoms with E-state index in [0.29, 0.717) is 0 Å². The van der Waals surface area contributed by atoms with Gasteiger partial charge in [-0.1, -0.05) is 0 Å². The zero-order valence-corrected chi connectivity index (χ0v) is 12.1. The van der Waals surface area contributed by atoms with Crippen LogP contribution in [0.1, 0.15) is 52.9 Å². The molecule has 6 heteroatoms. The molecule has 0 heterocycles. The van der Waals surface area contributed by atoms with Gasteiger partial charge in [0.2, 0.25) is 5.92 Å². The molecule has 1 unspecified atom stereocenters. The number of carboxylic acids is 1. The average molecular weight is 292 g/mol. The van der Waals surface area contributed by atoms with Gasteiger partial charge in [0, 0.05) is 12.8 Å². The Morgan fingerprint density at radius 2 is 1.80 bits per heavy atom. The van der Waals surface area contributed by atoms with Gasteiger partial charge in [-0.15, -0.1) is 0 Å². The van der Waals surface area contributed by atoms with Crippen LogP contribution in [0.15, 0.2) is 0 Å². The number of carboxylic acid groups (broad SMARTS) is 1. The predicted molar refractivity (Wildman–Crippen MR) is 68.5 cm³/mol. The lowest BCUT2D eigenvalue weighted by Crippen LogP contribution is -2.34. The summed E-state index contributed by atoms with van der Waals surface area (Å²) >= 11 is 0. The molecule has 0 aromatic heterocycles. The van der Waals surface area contributed by atoms with Crippen LogP contribution in [0.25, 0.3) is 0 Å². The fourth-order valence-electron chi connectivity index (χ4n) is 2.48. The van der Waals surface area contributed by atoms with Crippen LogP contribution in [-0.2, 0) is 14.3 Å². The molecule has 1 aliphatic rings. The molecule has 0 aliphatic heterocycles. The van der Waals surface area contributed by atoms with E-state index in [-0.39, 0.29) is 38.0 Å². The molecule has 0 spiro atoms. The van der Waals surface area contributed by atoms with Crippen molar-refractivity contribution in [3.63, 3.8) is 0 Å². The molecule has 0 bridgehead atoms. The lowest BCUT2D eigenvalue weighted by molar-refractivity contribution is -0.162. The van der Waals surface area contributed by atoms with Crippen LogP contribution in [0.2, 0.25) is 0 Å². The van der Waals surface area contributed by atoms with Crippen molar-refractivity contribution in [2.75, 3.05) is 0 Å². The summed E-state index contributed by atoms with van der Waals surface area (Å²) in [6.45, 7) is 5.09. The number of aliphatic carboxylic acids is 1. The van der Waals surface area contributed by atoms with Gasteiger partial charge in [0.15, 0.2) is 0 Å². The highest BCUT2D eigenvalue weighted by Gasteiger charge is 2.40. The van der Waals surface area contributed by atoms with Crippen LogP contribution in [0.3, 0.4) is 0 Å². The summed E-state index contributed by atoms with van der Waals surface area (Å²) in [4.78, 5) is 23.0. The van der Waals surface area contributed by atoms with E-state index in [1.165, 1.54) is 0 Å². The monoisotopic (exact) mass is 292 g/mol. The van der Waals surface area contributed by atoms with Crippen molar-refractivity contribution in [1.29, 1.82) is 0 Å². The van der Waals surface area contributed by atoms with E-state index in [0.717, 1.165) is 0 Å². The van der Waals surface area contributed by atoms with Crippen LogP contribution in [0.4, 0.5) is 8.78 Å². The van der Waals surface area contributed by atoms with Crippen molar-refractivity contribution in [3.05, 3.63) is 0 Å². The van der Waals surface area contributed by atoms with Gasteiger partial charge >= 0.3 is 11.9 Å². The lowest BCUT2D eigenvalue weighted by Gasteiger charge is -2.32. The van der Waals surface area contributed by atoms with Crippen molar-refractivity contribution >= 4 is 11.9 Å². The first-order valence-electron chi connectivity index (χ1n) is 6.83. The maximum absolute atomic E-state index is 13.1. The Hall–Kier alpha value is -1.20. The van der Waals surface area contributed by atoms with E-state index in [1.807, 2.05) is 0 Å². The smallest absolute Gasteiger partial charge is 0.307 e. The SMILES string of the molecule is CC(C)(C)OC(=O)CC(C(=O)O)C1CCC(F)(F)CC1. The molecular weight excluding hydrogens is 270 g/mol. The second-order valence-corrected chi connectivity index (χ2v) is 6.43. The van der Waals surface area contributed by atoms with Gasteiger partial charge in [-0.2, -0.15) is 0 Å². The number of alkyl halides is 2. The molecule has 0 aromatic rings. The highest BCUT2D eigenvalue weighted by Crippen LogP contribution is 2.40. The average Bonchev–Trinajstić information content (AvgIpc) is 2.23. The third kappa shape index (κ3) is 5.43. The molecule has 1 saturated carbocycles. The molecule has 1 fully saturated rings. The normalized spacial score (nSPS) is 21.2. The molecule has 0 saturated heterocycles. The molecule has 1 atom stereocenters. The van der Waals surface area contributed by atoms with Crippen LogP contribution in [0.5, 0.6) is 0 Å². The number of rotatable bonds is 4. The Balaban J connectivity index is 2.62. The molecule has 116 valence electrons.